The van der Waals surface area contributed by atoms with Crippen LogP contribution in [0.25, 0.3) is 0 Å². The molecule has 1 heterocycles. The molecule has 0 aliphatic carbocycles. The SMILES string of the molecule is CCC(Oc1ccc(C#N)c(C(F)(F)F)c1)c1cncc(OCOCCOC)c1. The topological polar surface area (TPSA) is 73.6 Å². The predicted molar refractivity (Wildman–Crippen MR) is 97.4 cm³/mol. The Labute approximate surface area is 166 Å². The Hall–Kier alpha value is -2.83. The van der Waals surface area contributed by atoms with E-state index < -0.39 is 23.4 Å². The van der Waals surface area contributed by atoms with Gasteiger partial charge in [-0.2, -0.15) is 18.4 Å². The Kier molecular flexibility index (Phi) is 8.24. The third kappa shape index (κ3) is 6.62. The number of hydrogen-bond donors (Lipinski definition) is 0. The van der Waals surface area contributed by atoms with Crippen molar-refractivity contribution in [3.05, 3.63) is 53.3 Å². The molecule has 156 valence electrons. The van der Waals surface area contributed by atoms with E-state index >= 15 is 0 Å². The molecule has 0 aliphatic rings. The summed E-state index contributed by atoms with van der Waals surface area (Å²) in [5.74, 6) is 0.454. The number of halogens is 3. The molecule has 9 heteroatoms. The lowest BCUT2D eigenvalue weighted by atomic mass is 10.1. The van der Waals surface area contributed by atoms with Gasteiger partial charge in [0.05, 0.1) is 36.6 Å². The molecule has 1 atom stereocenters. The average molecular weight is 410 g/mol. The van der Waals surface area contributed by atoms with E-state index in [0.717, 1.165) is 12.1 Å². The van der Waals surface area contributed by atoms with Crippen molar-refractivity contribution in [2.24, 2.45) is 0 Å². The molecule has 0 fully saturated rings. The van der Waals surface area contributed by atoms with Crippen molar-refractivity contribution in [3.63, 3.8) is 0 Å². The smallest absolute Gasteiger partial charge is 0.417 e. The van der Waals surface area contributed by atoms with E-state index in [0.29, 0.717) is 30.9 Å². The van der Waals surface area contributed by atoms with Gasteiger partial charge in [0, 0.05) is 18.9 Å². The van der Waals surface area contributed by atoms with Gasteiger partial charge in [-0.25, -0.2) is 0 Å². The first kappa shape index (κ1) is 22.5. The monoisotopic (exact) mass is 410 g/mol. The second-order valence-corrected chi connectivity index (χ2v) is 5.95. The third-order valence-corrected chi connectivity index (χ3v) is 3.91. The van der Waals surface area contributed by atoms with Gasteiger partial charge in [0.25, 0.3) is 0 Å². The van der Waals surface area contributed by atoms with Gasteiger partial charge in [0.15, 0.2) is 6.79 Å². The van der Waals surface area contributed by atoms with E-state index in [9.17, 15) is 13.2 Å². The average Bonchev–Trinajstić information content (AvgIpc) is 2.71. The number of nitriles is 1. The van der Waals surface area contributed by atoms with Gasteiger partial charge in [-0.1, -0.05) is 6.92 Å². The number of alkyl halides is 3. The minimum atomic E-state index is -4.65. The fourth-order valence-corrected chi connectivity index (χ4v) is 2.48. The molecule has 0 aliphatic heterocycles. The van der Waals surface area contributed by atoms with E-state index in [1.165, 1.54) is 12.3 Å². The van der Waals surface area contributed by atoms with Crippen molar-refractivity contribution >= 4 is 0 Å². The summed E-state index contributed by atoms with van der Waals surface area (Å²) in [5, 5.41) is 8.90. The van der Waals surface area contributed by atoms with Gasteiger partial charge < -0.3 is 18.9 Å². The van der Waals surface area contributed by atoms with Crippen molar-refractivity contribution in [2.75, 3.05) is 27.1 Å². The molecule has 0 bridgehead atoms. The lowest BCUT2D eigenvalue weighted by Crippen LogP contribution is -2.11. The molecule has 1 unspecified atom stereocenters. The maximum Gasteiger partial charge on any atom is 0.417 e. The second-order valence-electron chi connectivity index (χ2n) is 5.95. The molecule has 2 rings (SSSR count). The van der Waals surface area contributed by atoms with Crippen LogP contribution in [0.1, 0.15) is 36.1 Å². The van der Waals surface area contributed by atoms with Crippen LogP contribution in [0, 0.1) is 11.3 Å². The zero-order valence-corrected chi connectivity index (χ0v) is 16.0. The normalized spacial score (nSPS) is 12.3. The van der Waals surface area contributed by atoms with Crippen molar-refractivity contribution in [3.8, 4) is 17.6 Å². The Morgan fingerprint density at radius 2 is 1.93 bits per heavy atom. The highest BCUT2D eigenvalue weighted by atomic mass is 19.4. The lowest BCUT2D eigenvalue weighted by molar-refractivity contribution is -0.137. The quantitative estimate of drug-likeness (QED) is 0.424. The van der Waals surface area contributed by atoms with Gasteiger partial charge in [0.1, 0.15) is 17.6 Å². The maximum atomic E-state index is 13.2. The molecule has 1 aromatic heterocycles. The van der Waals surface area contributed by atoms with Gasteiger partial charge >= 0.3 is 6.18 Å². The molecule has 0 radical (unpaired) electrons. The first-order valence-electron chi connectivity index (χ1n) is 8.81. The van der Waals surface area contributed by atoms with Gasteiger partial charge in [0.2, 0.25) is 0 Å². The summed E-state index contributed by atoms with van der Waals surface area (Å²) in [5.41, 5.74) is -0.848. The van der Waals surface area contributed by atoms with E-state index in [1.54, 1.807) is 25.4 Å². The minimum absolute atomic E-state index is 0.0106. The highest BCUT2D eigenvalue weighted by molar-refractivity contribution is 5.44. The van der Waals surface area contributed by atoms with Gasteiger partial charge in [-0.15, -0.1) is 0 Å². The fraction of sp³-hybridized carbons (Fsp3) is 0.400. The largest absolute Gasteiger partial charge is 0.486 e. The number of aromatic nitrogens is 1. The highest BCUT2D eigenvalue weighted by Crippen LogP contribution is 2.35. The molecular weight excluding hydrogens is 389 g/mol. The number of benzene rings is 1. The Balaban J connectivity index is 2.12. The molecule has 0 saturated carbocycles. The highest BCUT2D eigenvalue weighted by Gasteiger charge is 2.34. The number of rotatable bonds is 10. The Morgan fingerprint density at radius 1 is 1.14 bits per heavy atom. The third-order valence-electron chi connectivity index (χ3n) is 3.91. The number of methoxy groups -OCH3 is 1. The van der Waals surface area contributed by atoms with E-state index in [-0.39, 0.29) is 12.5 Å². The van der Waals surface area contributed by atoms with E-state index in [2.05, 4.69) is 4.98 Å². The summed E-state index contributed by atoms with van der Waals surface area (Å²) in [6.45, 7) is 2.67. The summed E-state index contributed by atoms with van der Waals surface area (Å²) in [4.78, 5) is 4.09. The molecule has 29 heavy (non-hydrogen) atoms. The lowest BCUT2D eigenvalue weighted by Gasteiger charge is -2.19. The van der Waals surface area contributed by atoms with Crippen molar-refractivity contribution in [2.45, 2.75) is 25.6 Å². The van der Waals surface area contributed by atoms with Crippen LogP contribution in [-0.2, 0) is 15.7 Å². The summed E-state index contributed by atoms with van der Waals surface area (Å²) < 4.78 is 60.7. The first-order chi connectivity index (χ1) is 13.9. The zero-order chi connectivity index (χ0) is 21.3. The van der Waals surface area contributed by atoms with Crippen LogP contribution < -0.4 is 9.47 Å². The zero-order valence-electron chi connectivity index (χ0n) is 16.0. The van der Waals surface area contributed by atoms with Crippen LogP contribution in [0.2, 0.25) is 0 Å². The molecular formula is C20H21F3N2O4. The van der Waals surface area contributed by atoms with Crippen molar-refractivity contribution < 1.29 is 32.1 Å². The first-order valence-corrected chi connectivity index (χ1v) is 8.81. The number of hydrogen-bond acceptors (Lipinski definition) is 6. The van der Waals surface area contributed by atoms with Crippen LogP contribution in [0.4, 0.5) is 13.2 Å². The number of nitrogens with zero attached hydrogens (tertiary/aromatic N) is 2. The van der Waals surface area contributed by atoms with E-state index in [4.69, 9.17) is 24.2 Å². The van der Waals surface area contributed by atoms with Crippen LogP contribution in [0.3, 0.4) is 0 Å². The van der Waals surface area contributed by atoms with Crippen LogP contribution in [-0.4, -0.2) is 32.1 Å². The van der Waals surface area contributed by atoms with E-state index in [1.807, 2.05) is 6.92 Å². The summed E-state index contributed by atoms with van der Waals surface area (Å²) in [6, 6.07) is 6.51. The fourth-order valence-electron chi connectivity index (χ4n) is 2.48. The Bertz CT molecular complexity index is 837. The van der Waals surface area contributed by atoms with Gasteiger partial charge in [-0.3, -0.25) is 4.98 Å². The minimum Gasteiger partial charge on any atom is -0.486 e. The Morgan fingerprint density at radius 3 is 2.59 bits per heavy atom. The predicted octanol–water partition coefficient (Wildman–Crippen LogP) is 4.50. The standard InChI is InChI=1S/C20H21F3N2O4/c1-3-19(15-8-17(12-25-11-15)28-13-27-7-6-26-2)29-16-5-4-14(10-24)18(9-16)20(21,22)23/h4-5,8-9,11-12,19H,3,6-7,13H2,1-2H3. The molecule has 0 saturated heterocycles. The summed E-state index contributed by atoms with van der Waals surface area (Å²) >= 11 is 0. The molecule has 0 amide bonds. The van der Waals surface area contributed by atoms with Gasteiger partial charge in [-0.05, 0) is 30.7 Å². The van der Waals surface area contributed by atoms with Crippen molar-refractivity contribution in [1.82, 2.24) is 4.98 Å². The second kappa shape index (κ2) is 10.6. The molecule has 1 aromatic carbocycles. The number of pyridine rings is 1. The molecule has 6 nitrogen and oxygen atoms in total. The molecule has 2 aromatic rings. The van der Waals surface area contributed by atoms with Crippen molar-refractivity contribution in [1.29, 1.82) is 5.26 Å². The molecule has 0 N–H and O–H groups in total. The summed E-state index contributed by atoms with van der Waals surface area (Å²) in [7, 11) is 1.56. The summed E-state index contributed by atoms with van der Waals surface area (Å²) in [6.07, 6.45) is -1.66. The van der Waals surface area contributed by atoms with Crippen LogP contribution in [0.15, 0.2) is 36.7 Å². The molecule has 0 spiro atoms. The maximum absolute atomic E-state index is 13.2. The van der Waals surface area contributed by atoms with Crippen LogP contribution in [0.5, 0.6) is 11.5 Å². The van der Waals surface area contributed by atoms with Crippen LogP contribution >= 0.6 is 0 Å². The number of ether oxygens (including phenoxy) is 4.